The number of aromatic nitrogens is 4. The molecule has 3 rings (SSSR count). The van der Waals surface area contributed by atoms with Crippen LogP contribution in [0.4, 0.5) is 5.95 Å². The molecule has 214 valence electrons. The van der Waals surface area contributed by atoms with Crippen molar-refractivity contribution in [2.24, 2.45) is 15.9 Å². The Labute approximate surface area is 234 Å². The average Bonchev–Trinajstić information content (AvgIpc) is 3.34. The van der Waals surface area contributed by atoms with Crippen molar-refractivity contribution >= 4 is 28.5 Å². The number of pyridine rings is 1. The van der Waals surface area contributed by atoms with Gasteiger partial charge in [-0.1, -0.05) is 24.6 Å². The van der Waals surface area contributed by atoms with Gasteiger partial charge in [-0.05, 0) is 52.6 Å². The highest BCUT2D eigenvalue weighted by atomic mass is 32.2. The summed E-state index contributed by atoms with van der Waals surface area (Å²) in [5.74, 6) is 1.03. The molecule has 0 bridgehead atoms. The molecule has 1 aromatic carbocycles. The highest BCUT2D eigenvalue weighted by molar-refractivity contribution is 7.93. The van der Waals surface area contributed by atoms with Crippen LogP contribution < -0.4 is 18.9 Å². The van der Waals surface area contributed by atoms with Gasteiger partial charge in [-0.3, -0.25) is 9.29 Å². The van der Waals surface area contributed by atoms with Crippen molar-refractivity contribution in [3.05, 3.63) is 48.2 Å². The largest absolute Gasteiger partial charge is 0.494 e. The number of amidine groups is 1. The Balaban J connectivity index is 2.18. The second-order valence-corrected chi connectivity index (χ2v) is 11.0. The highest BCUT2D eigenvalue weighted by Gasteiger charge is 2.33. The Bertz CT molecular complexity index is 1490. The number of benzene rings is 1. The lowest BCUT2D eigenvalue weighted by Gasteiger charge is -2.21. The number of nitrogens with zero attached hydrogens (tertiary/aromatic N) is 6. The van der Waals surface area contributed by atoms with E-state index in [-0.39, 0.29) is 11.8 Å². The summed E-state index contributed by atoms with van der Waals surface area (Å²) in [7, 11) is -1.05. The molecule has 0 spiro atoms. The number of hydrogen-bond acceptors (Lipinski definition) is 9. The minimum Gasteiger partial charge on any atom is -0.494 e. The number of methoxy groups -OCH3 is 2. The molecule has 2 heterocycles. The molecule has 1 N–H and O–H groups in total. The van der Waals surface area contributed by atoms with Gasteiger partial charge < -0.3 is 14.2 Å². The lowest BCUT2D eigenvalue weighted by Crippen LogP contribution is -2.35. The molecule has 3 aromatic rings. The van der Waals surface area contributed by atoms with E-state index in [9.17, 15) is 8.42 Å². The molecule has 0 amide bonds. The van der Waals surface area contributed by atoms with Gasteiger partial charge in [0, 0.05) is 18.2 Å². The van der Waals surface area contributed by atoms with Gasteiger partial charge in [0.2, 0.25) is 21.9 Å². The minimum atomic E-state index is -4.05. The molecule has 13 heteroatoms. The molecular weight excluding hydrogens is 534 g/mol. The van der Waals surface area contributed by atoms with Crippen molar-refractivity contribution in [1.82, 2.24) is 19.7 Å². The third-order valence-corrected chi connectivity index (χ3v) is 7.84. The summed E-state index contributed by atoms with van der Waals surface area (Å²) in [6, 6.07) is 10.4. The van der Waals surface area contributed by atoms with Crippen LogP contribution in [0.5, 0.6) is 17.4 Å². The standard InChI is InChI=1S/C27H35N7O5S/c1-9-39-23-15-10-12-20(30-23)26-31-32-27(34(26)24-21(37-7)13-11-14-22(24)38-8)33-40(35,36)19(5)18(4)25(28-6)29-16-17(2)3/h10-16,18-19H,6,9H2,1-5,7-8H3,(H,32,33)/t18-,19-/m0/s1. The Hall–Kier alpha value is -4.26. The normalized spacial score (nSPS) is 13.2. The molecule has 40 heavy (non-hydrogen) atoms. The number of hydrogen-bond donors (Lipinski definition) is 1. The zero-order valence-electron chi connectivity index (χ0n) is 23.7. The molecule has 0 aliphatic carbocycles. The molecule has 2 atom stereocenters. The lowest BCUT2D eigenvalue weighted by molar-refractivity contribution is 0.327. The maximum Gasteiger partial charge on any atom is 0.243 e. The zero-order valence-corrected chi connectivity index (χ0v) is 24.6. The van der Waals surface area contributed by atoms with Crippen LogP contribution >= 0.6 is 0 Å². The van der Waals surface area contributed by atoms with Crippen LogP contribution in [0, 0.1) is 5.92 Å². The summed E-state index contributed by atoms with van der Waals surface area (Å²) in [6.45, 7) is 12.9. The van der Waals surface area contributed by atoms with Crippen molar-refractivity contribution in [3.63, 3.8) is 0 Å². The van der Waals surface area contributed by atoms with Gasteiger partial charge in [0.1, 0.15) is 28.7 Å². The SMILES string of the molecule is C=NC(=NC=C(C)C)[C@@H](C)[C@H](C)S(=O)(=O)Nc1nnc(-c2cccc(OCC)n2)n1-c1c(OC)cccc1OC. The summed E-state index contributed by atoms with van der Waals surface area (Å²) in [5, 5.41) is 7.54. The monoisotopic (exact) mass is 569 g/mol. The molecule has 0 unspecified atom stereocenters. The Morgan fingerprint density at radius 3 is 2.33 bits per heavy atom. The molecule has 0 aliphatic heterocycles. The summed E-state index contributed by atoms with van der Waals surface area (Å²) in [5.41, 5.74) is 1.72. The van der Waals surface area contributed by atoms with Crippen LogP contribution in [0.25, 0.3) is 17.2 Å². The molecule has 0 fully saturated rings. The van der Waals surface area contributed by atoms with E-state index in [0.29, 0.717) is 41.2 Å². The van der Waals surface area contributed by atoms with Crippen LogP contribution in [-0.2, 0) is 10.0 Å². The van der Waals surface area contributed by atoms with Crippen molar-refractivity contribution in [1.29, 1.82) is 0 Å². The Morgan fingerprint density at radius 2 is 1.75 bits per heavy atom. The second kappa shape index (κ2) is 13.2. The third-order valence-electron chi connectivity index (χ3n) is 5.98. The lowest BCUT2D eigenvalue weighted by atomic mass is 10.1. The smallest absolute Gasteiger partial charge is 0.243 e. The van der Waals surface area contributed by atoms with Gasteiger partial charge in [-0.15, -0.1) is 10.2 Å². The van der Waals surface area contributed by atoms with Gasteiger partial charge in [0.15, 0.2) is 5.82 Å². The van der Waals surface area contributed by atoms with Gasteiger partial charge in [0.05, 0.1) is 26.1 Å². The molecule has 0 aliphatic rings. The Kier molecular flexibility index (Phi) is 9.99. The summed E-state index contributed by atoms with van der Waals surface area (Å²) in [4.78, 5) is 12.8. The molecular formula is C27H35N7O5S. The molecule has 12 nitrogen and oxygen atoms in total. The van der Waals surface area contributed by atoms with Crippen LogP contribution in [0.1, 0.15) is 34.6 Å². The number of allylic oxidation sites excluding steroid dienone is 1. The number of ether oxygens (including phenoxy) is 3. The maximum atomic E-state index is 13.7. The highest BCUT2D eigenvalue weighted by Crippen LogP contribution is 2.37. The second-order valence-electron chi connectivity index (χ2n) is 8.98. The number of rotatable bonds is 12. The van der Waals surface area contributed by atoms with Crippen molar-refractivity contribution in [3.8, 4) is 34.6 Å². The summed E-state index contributed by atoms with van der Waals surface area (Å²) < 4.78 is 48.2. The fraction of sp³-hybridized carbons (Fsp3) is 0.370. The van der Waals surface area contributed by atoms with Crippen LogP contribution in [-0.4, -0.2) is 66.8 Å². The molecule has 0 radical (unpaired) electrons. The fourth-order valence-electron chi connectivity index (χ4n) is 3.74. The minimum absolute atomic E-state index is 0.0881. The van der Waals surface area contributed by atoms with Gasteiger partial charge in [0.25, 0.3) is 0 Å². The predicted octanol–water partition coefficient (Wildman–Crippen LogP) is 4.53. The number of nitrogens with one attached hydrogen (secondary N) is 1. The molecule has 2 aromatic heterocycles. The van der Waals surface area contributed by atoms with Crippen molar-refractivity contribution in [2.75, 3.05) is 25.5 Å². The van der Waals surface area contributed by atoms with Gasteiger partial charge >= 0.3 is 0 Å². The average molecular weight is 570 g/mol. The van der Waals surface area contributed by atoms with Crippen LogP contribution in [0.2, 0.25) is 0 Å². The topological polar surface area (TPSA) is 142 Å². The summed E-state index contributed by atoms with van der Waals surface area (Å²) in [6.07, 6.45) is 1.62. The first kappa shape index (κ1) is 30.3. The van der Waals surface area contributed by atoms with Gasteiger partial charge in [-0.2, -0.15) is 0 Å². The van der Waals surface area contributed by atoms with E-state index >= 15 is 0 Å². The predicted molar refractivity (Wildman–Crippen MR) is 156 cm³/mol. The first-order valence-corrected chi connectivity index (χ1v) is 14.1. The Morgan fingerprint density at radius 1 is 1.10 bits per heavy atom. The van der Waals surface area contributed by atoms with Gasteiger partial charge in [-0.25, -0.2) is 23.4 Å². The number of anilines is 1. The van der Waals surface area contributed by atoms with Crippen LogP contribution in [0.15, 0.2) is 58.2 Å². The van der Waals surface area contributed by atoms with Crippen molar-refractivity contribution < 1.29 is 22.6 Å². The first-order chi connectivity index (χ1) is 19.1. The van der Waals surface area contributed by atoms with E-state index in [1.165, 1.54) is 18.8 Å². The number of sulfonamides is 1. The van der Waals surface area contributed by atoms with Crippen molar-refractivity contribution in [2.45, 2.75) is 39.9 Å². The third kappa shape index (κ3) is 6.65. The zero-order chi connectivity index (χ0) is 29.4. The summed E-state index contributed by atoms with van der Waals surface area (Å²) >= 11 is 0. The van der Waals surface area contributed by atoms with E-state index in [4.69, 9.17) is 14.2 Å². The van der Waals surface area contributed by atoms with E-state index in [1.807, 2.05) is 20.8 Å². The number of aliphatic imine (C=N–C) groups is 2. The molecule has 0 saturated carbocycles. The van der Waals surface area contributed by atoms with E-state index in [0.717, 1.165) is 5.57 Å². The first-order valence-electron chi connectivity index (χ1n) is 12.5. The van der Waals surface area contributed by atoms with E-state index < -0.39 is 21.2 Å². The molecule has 0 saturated heterocycles. The fourth-order valence-corrected chi connectivity index (χ4v) is 4.98. The number of para-hydroxylation sites is 1. The van der Waals surface area contributed by atoms with E-state index in [1.54, 1.807) is 56.4 Å². The van der Waals surface area contributed by atoms with Crippen LogP contribution in [0.3, 0.4) is 0 Å². The quantitative estimate of drug-likeness (QED) is 0.248. The van der Waals surface area contributed by atoms with E-state index in [2.05, 4.69) is 36.6 Å². The maximum absolute atomic E-state index is 13.7.